The van der Waals surface area contributed by atoms with E-state index < -0.39 is 21.9 Å². The number of carbonyl (C=O) groups excluding carboxylic acids is 2. The standard InChI is InChI=1S/C20H21N3O6S2/c1-22(2)31(26,27)15-8-5-13(6-9-15)19(25)21-20-23(12-18(24)29-4)16-10-7-14(28-3)11-17(16)30-20/h5-11H,12H2,1-4H3. The van der Waals surface area contributed by atoms with Crippen LogP contribution in [0.3, 0.4) is 0 Å². The fourth-order valence-electron chi connectivity index (χ4n) is 2.74. The normalized spacial score (nSPS) is 12.4. The number of methoxy groups -OCH3 is 2. The number of rotatable bonds is 6. The molecule has 0 spiro atoms. The number of nitrogens with zero attached hydrogens (tertiary/aromatic N) is 3. The van der Waals surface area contributed by atoms with Crippen molar-refractivity contribution in [3.63, 3.8) is 0 Å². The highest BCUT2D eigenvalue weighted by atomic mass is 32.2. The number of ether oxygens (including phenoxy) is 2. The average Bonchev–Trinajstić information content (AvgIpc) is 3.09. The highest BCUT2D eigenvalue weighted by molar-refractivity contribution is 7.89. The predicted octanol–water partition coefficient (Wildman–Crippen LogP) is 1.88. The third-order valence-electron chi connectivity index (χ3n) is 4.48. The summed E-state index contributed by atoms with van der Waals surface area (Å²) in [5.74, 6) is -0.414. The number of sulfonamides is 1. The Bertz CT molecular complexity index is 1300. The van der Waals surface area contributed by atoms with Gasteiger partial charge in [0.05, 0.1) is 29.3 Å². The summed E-state index contributed by atoms with van der Waals surface area (Å²) < 4.78 is 37.8. The summed E-state index contributed by atoms with van der Waals surface area (Å²) in [5, 5.41) is 0. The van der Waals surface area contributed by atoms with E-state index in [2.05, 4.69) is 4.99 Å². The van der Waals surface area contributed by atoms with E-state index in [9.17, 15) is 18.0 Å². The predicted molar refractivity (Wildman–Crippen MR) is 116 cm³/mol. The van der Waals surface area contributed by atoms with Crippen molar-refractivity contribution in [1.82, 2.24) is 8.87 Å². The van der Waals surface area contributed by atoms with Crippen molar-refractivity contribution < 1.29 is 27.5 Å². The first-order valence-corrected chi connectivity index (χ1v) is 11.3. The van der Waals surface area contributed by atoms with Gasteiger partial charge in [0.15, 0.2) is 4.80 Å². The molecule has 3 rings (SSSR count). The second kappa shape index (κ2) is 9.00. The number of aromatic nitrogens is 1. The van der Waals surface area contributed by atoms with E-state index in [1.807, 2.05) is 0 Å². The molecule has 9 nitrogen and oxygen atoms in total. The van der Waals surface area contributed by atoms with Gasteiger partial charge in [0.1, 0.15) is 12.3 Å². The number of fused-ring (bicyclic) bond motifs is 1. The van der Waals surface area contributed by atoms with Crippen molar-refractivity contribution in [1.29, 1.82) is 0 Å². The molecule has 164 valence electrons. The molecule has 0 saturated heterocycles. The van der Waals surface area contributed by atoms with E-state index in [1.165, 1.54) is 56.8 Å². The number of hydrogen-bond acceptors (Lipinski definition) is 7. The summed E-state index contributed by atoms with van der Waals surface area (Å²) in [6.07, 6.45) is 0. The molecule has 31 heavy (non-hydrogen) atoms. The van der Waals surface area contributed by atoms with Crippen LogP contribution in [0.25, 0.3) is 10.2 Å². The van der Waals surface area contributed by atoms with E-state index in [0.29, 0.717) is 16.1 Å². The Morgan fingerprint density at radius 3 is 2.35 bits per heavy atom. The second-order valence-corrected chi connectivity index (χ2v) is 9.77. The molecule has 11 heteroatoms. The monoisotopic (exact) mass is 463 g/mol. The van der Waals surface area contributed by atoms with Crippen LogP contribution in [0.15, 0.2) is 52.4 Å². The van der Waals surface area contributed by atoms with Crippen LogP contribution in [0.5, 0.6) is 5.75 Å². The lowest BCUT2D eigenvalue weighted by Gasteiger charge is -2.11. The van der Waals surface area contributed by atoms with Gasteiger partial charge in [-0.3, -0.25) is 9.59 Å². The maximum atomic E-state index is 12.7. The molecule has 1 aromatic heterocycles. The van der Waals surface area contributed by atoms with Gasteiger partial charge >= 0.3 is 5.97 Å². The summed E-state index contributed by atoms with van der Waals surface area (Å²) in [6.45, 7) is -0.116. The summed E-state index contributed by atoms with van der Waals surface area (Å²) in [5.41, 5.74) is 0.924. The fourth-order valence-corrected chi connectivity index (χ4v) is 4.70. The zero-order chi connectivity index (χ0) is 22.8. The maximum Gasteiger partial charge on any atom is 0.325 e. The quantitative estimate of drug-likeness (QED) is 0.517. The number of esters is 1. The van der Waals surface area contributed by atoms with Crippen molar-refractivity contribution in [2.24, 2.45) is 4.99 Å². The topological polar surface area (TPSA) is 107 Å². The molecule has 0 unspecified atom stereocenters. The van der Waals surface area contributed by atoms with Crippen LogP contribution < -0.4 is 9.54 Å². The Hall–Kier alpha value is -3.02. The lowest BCUT2D eigenvalue weighted by molar-refractivity contribution is -0.141. The molecular weight excluding hydrogens is 442 g/mol. The first-order valence-electron chi connectivity index (χ1n) is 9.03. The number of benzene rings is 2. The van der Waals surface area contributed by atoms with Gasteiger partial charge in [0, 0.05) is 19.7 Å². The van der Waals surface area contributed by atoms with E-state index in [-0.39, 0.29) is 17.0 Å². The van der Waals surface area contributed by atoms with Crippen LogP contribution in [-0.2, 0) is 26.1 Å². The summed E-state index contributed by atoms with van der Waals surface area (Å²) in [4.78, 5) is 29.2. The Kier molecular flexibility index (Phi) is 6.58. The van der Waals surface area contributed by atoms with Crippen LogP contribution in [-0.4, -0.2) is 57.5 Å². The van der Waals surface area contributed by atoms with Gasteiger partial charge in [-0.1, -0.05) is 11.3 Å². The number of carbonyl (C=O) groups is 2. The van der Waals surface area contributed by atoms with Crippen molar-refractivity contribution in [2.75, 3.05) is 28.3 Å². The highest BCUT2D eigenvalue weighted by Crippen LogP contribution is 2.23. The molecule has 2 aromatic carbocycles. The van der Waals surface area contributed by atoms with E-state index >= 15 is 0 Å². The molecule has 1 heterocycles. The van der Waals surface area contributed by atoms with E-state index in [4.69, 9.17) is 9.47 Å². The molecule has 0 radical (unpaired) electrons. The van der Waals surface area contributed by atoms with Crippen LogP contribution >= 0.6 is 11.3 Å². The first kappa shape index (κ1) is 22.7. The summed E-state index contributed by atoms with van der Waals surface area (Å²) in [7, 11) is 2.09. The minimum absolute atomic E-state index is 0.0729. The molecule has 0 aliphatic rings. The van der Waals surface area contributed by atoms with Gasteiger partial charge < -0.3 is 14.0 Å². The van der Waals surface area contributed by atoms with Crippen molar-refractivity contribution in [3.8, 4) is 5.75 Å². The van der Waals surface area contributed by atoms with Gasteiger partial charge in [-0.25, -0.2) is 12.7 Å². The van der Waals surface area contributed by atoms with Crippen LogP contribution in [0.1, 0.15) is 10.4 Å². The molecule has 0 N–H and O–H groups in total. The van der Waals surface area contributed by atoms with Gasteiger partial charge in [-0.2, -0.15) is 4.99 Å². The minimum Gasteiger partial charge on any atom is -0.497 e. The van der Waals surface area contributed by atoms with Crippen molar-refractivity contribution in [2.45, 2.75) is 11.4 Å². The van der Waals surface area contributed by atoms with Crippen LogP contribution in [0.4, 0.5) is 0 Å². The van der Waals surface area contributed by atoms with Crippen molar-refractivity contribution >= 4 is 43.5 Å². The SMILES string of the molecule is COC(=O)Cn1c(=NC(=O)c2ccc(S(=O)(=O)N(C)C)cc2)sc2cc(OC)ccc21. The Labute approximate surface area is 183 Å². The third kappa shape index (κ3) is 4.68. The molecule has 0 saturated carbocycles. The molecule has 0 aliphatic heterocycles. The Balaban J connectivity index is 2.05. The van der Waals surface area contributed by atoms with Gasteiger partial charge in [0.25, 0.3) is 5.91 Å². The van der Waals surface area contributed by atoms with E-state index in [1.54, 1.807) is 29.9 Å². The summed E-state index contributed by atoms with van der Waals surface area (Å²) in [6, 6.07) is 10.8. The second-order valence-electron chi connectivity index (χ2n) is 6.61. The third-order valence-corrected chi connectivity index (χ3v) is 7.35. The fraction of sp³-hybridized carbons (Fsp3) is 0.250. The maximum absolute atomic E-state index is 12.7. The average molecular weight is 464 g/mol. The van der Waals surface area contributed by atoms with E-state index in [0.717, 1.165) is 9.01 Å². The molecule has 0 aliphatic carbocycles. The molecule has 3 aromatic rings. The Morgan fingerprint density at radius 1 is 1.10 bits per heavy atom. The van der Waals surface area contributed by atoms with Crippen molar-refractivity contribution in [3.05, 3.63) is 52.8 Å². The molecule has 0 bridgehead atoms. The van der Waals surface area contributed by atoms with Gasteiger partial charge in [0.2, 0.25) is 10.0 Å². The minimum atomic E-state index is -3.60. The highest BCUT2D eigenvalue weighted by Gasteiger charge is 2.18. The molecule has 0 fully saturated rings. The van der Waals surface area contributed by atoms with Crippen LogP contribution in [0.2, 0.25) is 0 Å². The zero-order valence-electron chi connectivity index (χ0n) is 17.4. The lowest BCUT2D eigenvalue weighted by Crippen LogP contribution is -2.23. The molecule has 1 amide bonds. The van der Waals surface area contributed by atoms with Crippen LogP contribution in [0, 0.1) is 0 Å². The zero-order valence-corrected chi connectivity index (χ0v) is 19.0. The summed E-state index contributed by atoms with van der Waals surface area (Å²) >= 11 is 1.23. The largest absolute Gasteiger partial charge is 0.497 e. The first-order chi connectivity index (χ1) is 14.7. The van der Waals surface area contributed by atoms with Gasteiger partial charge in [-0.05, 0) is 42.5 Å². The smallest absolute Gasteiger partial charge is 0.325 e. The number of thiazole rings is 1. The van der Waals surface area contributed by atoms with Gasteiger partial charge in [-0.15, -0.1) is 0 Å². The lowest BCUT2D eigenvalue weighted by atomic mass is 10.2. The number of amides is 1. The number of hydrogen-bond donors (Lipinski definition) is 0. The molecular formula is C20H21N3O6S2. The Morgan fingerprint density at radius 2 is 1.77 bits per heavy atom. The molecule has 0 atom stereocenters.